The summed E-state index contributed by atoms with van der Waals surface area (Å²) in [6.45, 7) is 3.12. The maximum absolute atomic E-state index is 9.04. The fraction of sp³-hybridized carbons (Fsp3) is 0.294. The molecule has 0 saturated heterocycles. The molecule has 0 saturated carbocycles. The van der Waals surface area contributed by atoms with Gasteiger partial charge in [-0.25, -0.2) is 0 Å². The van der Waals surface area contributed by atoms with Gasteiger partial charge < -0.3 is 10.4 Å². The fourth-order valence-electron chi connectivity index (χ4n) is 2.20. The van der Waals surface area contributed by atoms with E-state index in [0.29, 0.717) is 6.04 Å². The lowest BCUT2D eigenvalue weighted by Gasteiger charge is -2.17. The van der Waals surface area contributed by atoms with Gasteiger partial charge in [-0.3, -0.25) is 0 Å². The minimum absolute atomic E-state index is 0.101. The van der Waals surface area contributed by atoms with Gasteiger partial charge in [0.2, 0.25) is 0 Å². The van der Waals surface area contributed by atoms with Crippen LogP contribution in [0, 0.1) is 0 Å². The molecule has 0 spiro atoms. The van der Waals surface area contributed by atoms with Crippen LogP contribution >= 0.6 is 15.9 Å². The SMILES string of the molecule is CCC(NCc1ccc(CO)cc1)c1ccc(Br)cc1. The molecule has 2 rings (SSSR count). The highest BCUT2D eigenvalue weighted by molar-refractivity contribution is 9.10. The van der Waals surface area contributed by atoms with Crippen LogP contribution in [0.5, 0.6) is 0 Å². The first-order valence-electron chi connectivity index (χ1n) is 6.90. The molecule has 2 N–H and O–H groups in total. The van der Waals surface area contributed by atoms with Gasteiger partial charge in [0.25, 0.3) is 0 Å². The van der Waals surface area contributed by atoms with Crippen molar-refractivity contribution in [3.8, 4) is 0 Å². The molecule has 0 bridgehead atoms. The Morgan fingerprint density at radius 1 is 1.00 bits per heavy atom. The first-order chi connectivity index (χ1) is 9.72. The van der Waals surface area contributed by atoms with E-state index in [2.05, 4.69) is 64.6 Å². The van der Waals surface area contributed by atoms with E-state index >= 15 is 0 Å². The van der Waals surface area contributed by atoms with Gasteiger partial charge in [0.1, 0.15) is 0 Å². The summed E-state index contributed by atoms with van der Waals surface area (Å²) >= 11 is 3.46. The molecule has 2 aromatic rings. The number of hydrogen-bond acceptors (Lipinski definition) is 2. The summed E-state index contributed by atoms with van der Waals surface area (Å²) in [6.07, 6.45) is 1.05. The second-order valence-corrected chi connectivity index (χ2v) is 5.78. The fourth-order valence-corrected chi connectivity index (χ4v) is 2.46. The Morgan fingerprint density at radius 2 is 1.60 bits per heavy atom. The van der Waals surface area contributed by atoms with Crippen LogP contribution in [-0.2, 0) is 13.2 Å². The van der Waals surface area contributed by atoms with Gasteiger partial charge in [0, 0.05) is 17.1 Å². The Balaban J connectivity index is 1.97. The predicted molar refractivity (Wildman–Crippen MR) is 86.4 cm³/mol. The predicted octanol–water partition coefficient (Wildman–Crippen LogP) is 4.18. The lowest BCUT2D eigenvalue weighted by molar-refractivity contribution is 0.282. The Bertz CT molecular complexity index is 522. The molecule has 0 radical (unpaired) electrons. The number of aliphatic hydroxyl groups excluding tert-OH is 1. The average molecular weight is 334 g/mol. The maximum atomic E-state index is 9.04. The monoisotopic (exact) mass is 333 g/mol. The molecule has 1 unspecified atom stereocenters. The summed E-state index contributed by atoms with van der Waals surface area (Å²) in [7, 11) is 0. The lowest BCUT2D eigenvalue weighted by Crippen LogP contribution is -2.20. The maximum Gasteiger partial charge on any atom is 0.0681 e. The van der Waals surface area contributed by atoms with Crippen LogP contribution in [0.2, 0.25) is 0 Å². The van der Waals surface area contributed by atoms with Gasteiger partial charge in [0.05, 0.1) is 6.61 Å². The molecule has 0 heterocycles. The van der Waals surface area contributed by atoms with Gasteiger partial charge in [-0.2, -0.15) is 0 Å². The highest BCUT2D eigenvalue weighted by Gasteiger charge is 2.08. The molecular formula is C17H20BrNO. The molecule has 3 heteroatoms. The summed E-state index contributed by atoms with van der Waals surface area (Å²) in [5.74, 6) is 0. The first-order valence-corrected chi connectivity index (χ1v) is 7.69. The highest BCUT2D eigenvalue weighted by atomic mass is 79.9. The largest absolute Gasteiger partial charge is 0.392 e. The topological polar surface area (TPSA) is 32.3 Å². The highest BCUT2D eigenvalue weighted by Crippen LogP contribution is 2.20. The van der Waals surface area contributed by atoms with Crippen molar-refractivity contribution in [2.45, 2.75) is 32.5 Å². The van der Waals surface area contributed by atoms with Gasteiger partial charge >= 0.3 is 0 Å². The van der Waals surface area contributed by atoms with Gasteiger partial charge in [0.15, 0.2) is 0 Å². The Morgan fingerprint density at radius 3 is 2.15 bits per heavy atom. The third kappa shape index (κ3) is 4.17. The molecule has 20 heavy (non-hydrogen) atoms. The number of aliphatic hydroxyl groups is 1. The van der Waals surface area contributed by atoms with E-state index in [-0.39, 0.29) is 6.61 Å². The lowest BCUT2D eigenvalue weighted by atomic mass is 10.0. The zero-order valence-corrected chi connectivity index (χ0v) is 13.2. The minimum Gasteiger partial charge on any atom is -0.392 e. The van der Waals surface area contributed by atoms with Crippen molar-refractivity contribution in [2.75, 3.05) is 0 Å². The number of hydrogen-bond donors (Lipinski definition) is 2. The van der Waals surface area contributed by atoms with E-state index in [1.165, 1.54) is 11.1 Å². The number of halogens is 1. The Hall–Kier alpha value is -1.16. The second kappa shape index (κ2) is 7.58. The van der Waals surface area contributed by atoms with Crippen LogP contribution in [-0.4, -0.2) is 5.11 Å². The molecule has 2 aromatic carbocycles. The molecule has 0 fully saturated rings. The van der Waals surface area contributed by atoms with Crippen LogP contribution in [0.3, 0.4) is 0 Å². The zero-order valence-electron chi connectivity index (χ0n) is 11.6. The van der Waals surface area contributed by atoms with E-state index in [0.717, 1.165) is 23.0 Å². The minimum atomic E-state index is 0.101. The van der Waals surface area contributed by atoms with E-state index in [4.69, 9.17) is 5.11 Å². The average Bonchev–Trinajstić information content (AvgIpc) is 2.50. The standard InChI is InChI=1S/C17H20BrNO/c1-2-17(15-7-9-16(18)10-8-15)19-11-13-3-5-14(12-20)6-4-13/h3-10,17,19-20H,2,11-12H2,1H3. The smallest absolute Gasteiger partial charge is 0.0681 e. The van der Waals surface area contributed by atoms with Crippen molar-refractivity contribution in [3.05, 3.63) is 69.7 Å². The van der Waals surface area contributed by atoms with E-state index in [9.17, 15) is 0 Å². The van der Waals surface area contributed by atoms with Gasteiger partial charge in [-0.1, -0.05) is 59.3 Å². The Kier molecular flexibility index (Phi) is 5.77. The number of benzene rings is 2. The van der Waals surface area contributed by atoms with Crippen molar-refractivity contribution in [1.29, 1.82) is 0 Å². The van der Waals surface area contributed by atoms with Crippen molar-refractivity contribution in [3.63, 3.8) is 0 Å². The quantitative estimate of drug-likeness (QED) is 0.830. The third-order valence-electron chi connectivity index (χ3n) is 3.44. The van der Waals surface area contributed by atoms with Crippen LogP contribution in [0.15, 0.2) is 53.0 Å². The van der Waals surface area contributed by atoms with Crippen LogP contribution in [0.25, 0.3) is 0 Å². The van der Waals surface area contributed by atoms with Crippen molar-refractivity contribution < 1.29 is 5.11 Å². The third-order valence-corrected chi connectivity index (χ3v) is 3.97. The van der Waals surface area contributed by atoms with Gasteiger partial charge in [-0.15, -0.1) is 0 Å². The molecule has 0 aliphatic rings. The molecule has 1 atom stereocenters. The summed E-state index contributed by atoms with van der Waals surface area (Å²) in [5.41, 5.74) is 3.49. The molecule has 106 valence electrons. The van der Waals surface area contributed by atoms with Gasteiger partial charge in [-0.05, 0) is 35.2 Å². The first kappa shape index (κ1) is 15.2. The summed E-state index contributed by atoms with van der Waals surface area (Å²) in [5, 5.41) is 12.6. The molecule has 0 aromatic heterocycles. The summed E-state index contributed by atoms with van der Waals surface area (Å²) < 4.78 is 1.11. The number of nitrogens with one attached hydrogen (secondary N) is 1. The zero-order chi connectivity index (χ0) is 14.4. The molecule has 0 amide bonds. The van der Waals surface area contributed by atoms with Crippen LogP contribution in [0.4, 0.5) is 0 Å². The van der Waals surface area contributed by atoms with E-state index in [1.807, 2.05) is 12.1 Å². The normalized spacial score (nSPS) is 12.3. The second-order valence-electron chi connectivity index (χ2n) is 4.87. The van der Waals surface area contributed by atoms with Crippen molar-refractivity contribution in [2.24, 2.45) is 0 Å². The Labute approximate surface area is 129 Å². The van der Waals surface area contributed by atoms with Crippen molar-refractivity contribution in [1.82, 2.24) is 5.32 Å². The van der Waals surface area contributed by atoms with E-state index in [1.54, 1.807) is 0 Å². The molecule has 0 aliphatic carbocycles. The van der Waals surface area contributed by atoms with Crippen LogP contribution in [0.1, 0.15) is 36.1 Å². The molecular weight excluding hydrogens is 314 g/mol. The van der Waals surface area contributed by atoms with Crippen molar-refractivity contribution >= 4 is 15.9 Å². The molecule has 0 aliphatic heterocycles. The number of rotatable bonds is 6. The molecule has 2 nitrogen and oxygen atoms in total. The summed E-state index contributed by atoms with van der Waals surface area (Å²) in [4.78, 5) is 0. The van der Waals surface area contributed by atoms with Crippen LogP contribution < -0.4 is 5.32 Å². The van der Waals surface area contributed by atoms with E-state index < -0.39 is 0 Å². The summed E-state index contributed by atoms with van der Waals surface area (Å²) in [6, 6.07) is 16.9.